The lowest BCUT2D eigenvalue weighted by Gasteiger charge is -2.03. The molecule has 0 amide bonds. The minimum absolute atomic E-state index is 0.0377. The van der Waals surface area contributed by atoms with Gasteiger partial charge in [-0.2, -0.15) is 0 Å². The van der Waals surface area contributed by atoms with E-state index in [0.717, 1.165) is 6.42 Å². The molecule has 20 heavy (non-hydrogen) atoms. The topological polar surface area (TPSA) is 67.8 Å². The molecule has 1 heterocycles. The molecule has 1 aromatic heterocycles. The van der Waals surface area contributed by atoms with Crippen LogP contribution in [0.3, 0.4) is 0 Å². The first kappa shape index (κ1) is 14.6. The highest BCUT2D eigenvalue weighted by molar-refractivity contribution is 7.99. The van der Waals surface area contributed by atoms with Crippen LogP contribution in [0.5, 0.6) is 0 Å². The van der Waals surface area contributed by atoms with Gasteiger partial charge in [-0.15, -0.1) is 5.10 Å². The molecule has 0 radical (unpaired) electrons. The van der Waals surface area contributed by atoms with Crippen molar-refractivity contribution in [3.05, 3.63) is 45.9 Å². The van der Waals surface area contributed by atoms with Crippen LogP contribution in [-0.4, -0.2) is 26.3 Å². The van der Waals surface area contributed by atoms with Crippen molar-refractivity contribution in [3.8, 4) is 0 Å². The number of thioether (sulfide) groups is 1. The molecular weight excluding hydrogens is 274 g/mol. The predicted octanol–water partition coefficient (Wildman–Crippen LogP) is 2.13. The standard InChI is InChI=1S/C14H17N3O2S/c1-3-10-5-7-11(8-6-10)12(18)9-20-14-16-15-13(19)17(14)4-2/h5-8H,3-4,9H2,1-2H3,(H,15,19). The van der Waals surface area contributed by atoms with E-state index in [4.69, 9.17) is 0 Å². The van der Waals surface area contributed by atoms with E-state index in [9.17, 15) is 9.59 Å². The third kappa shape index (κ3) is 3.19. The Balaban J connectivity index is 2.02. The summed E-state index contributed by atoms with van der Waals surface area (Å²) >= 11 is 1.28. The number of aromatic nitrogens is 3. The highest BCUT2D eigenvalue weighted by atomic mass is 32.2. The predicted molar refractivity (Wildman–Crippen MR) is 79.4 cm³/mol. The van der Waals surface area contributed by atoms with Crippen molar-refractivity contribution in [2.45, 2.75) is 32.0 Å². The summed E-state index contributed by atoms with van der Waals surface area (Å²) in [6, 6.07) is 7.63. The number of carbonyl (C=O) groups excluding carboxylic acids is 1. The van der Waals surface area contributed by atoms with Crippen LogP contribution in [0, 0.1) is 0 Å². The van der Waals surface area contributed by atoms with Gasteiger partial charge in [-0.1, -0.05) is 43.0 Å². The zero-order chi connectivity index (χ0) is 14.5. The highest BCUT2D eigenvalue weighted by Crippen LogP contribution is 2.16. The number of aryl methyl sites for hydroxylation is 1. The average Bonchev–Trinajstić information content (AvgIpc) is 2.85. The summed E-state index contributed by atoms with van der Waals surface area (Å²) in [5.41, 5.74) is 1.66. The summed E-state index contributed by atoms with van der Waals surface area (Å²) < 4.78 is 1.51. The van der Waals surface area contributed by atoms with E-state index < -0.39 is 0 Å². The lowest BCUT2D eigenvalue weighted by Crippen LogP contribution is -2.16. The molecule has 0 saturated heterocycles. The van der Waals surface area contributed by atoms with Crippen LogP contribution in [-0.2, 0) is 13.0 Å². The fourth-order valence-electron chi connectivity index (χ4n) is 1.83. The maximum atomic E-state index is 12.1. The van der Waals surface area contributed by atoms with Gasteiger partial charge in [-0.25, -0.2) is 9.89 Å². The molecule has 0 aliphatic heterocycles. The van der Waals surface area contributed by atoms with Crippen molar-refractivity contribution in [2.75, 3.05) is 5.75 Å². The van der Waals surface area contributed by atoms with Crippen molar-refractivity contribution < 1.29 is 4.79 Å². The number of aromatic amines is 1. The summed E-state index contributed by atoms with van der Waals surface area (Å²) in [6.45, 7) is 4.48. The lowest BCUT2D eigenvalue weighted by molar-refractivity contribution is 0.102. The summed E-state index contributed by atoms with van der Waals surface area (Å²) in [4.78, 5) is 23.5. The van der Waals surface area contributed by atoms with Crippen LogP contribution in [0.15, 0.2) is 34.2 Å². The number of nitrogens with zero attached hydrogens (tertiary/aromatic N) is 2. The maximum absolute atomic E-state index is 12.1. The number of benzene rings is 1. The molecule has 5 nitrogen and oxygen atoms in total. The second-order valence-electron chi connectivity index (χ2n) is 4.32. The Hall–Kier alpha value is -1.82. The molecule has 0 saturated carbocycles. The largest absolute Gasteiger partial charge is 0.343 e. The number of Topliss-reactive ketones (excluding diaryl/α,β-unsaturated/α-hetero) is 1. The quantitative estimate of drug-likeness (QED) is 0.654. The second kappa shape index (κ2) is 6.56. The van der Waals surface area contributed by atoms with E-state index in [-0.39, 0.29) is 17.2 Å². The van der Waals surface area contributed by atoms with E-state index in [1.165, 1.54) is 21.9 Å². The van der Waals surface area contributed by atoms with Gasteiger partial charge in [0.25, 0.3) is 0 Å². The zero-order valence-electron chi connectivity index (χ0n) is 11.5. The van der Waals surface area contributed by atoms with Crippen molar-refractivity contribution >= 4 is 17.5 Å². The first-order valence-corrected chi connectivity index (χ1v) is 7.54. The molecule has 1 aromatic carbocycles. The SMILES string of the molecule is CCc1ccc(C(=O)CSc2n[nH]c(=O)n2CC)cc1. The van der Waals surface area contributed by atoms with Gasteiger partial charge >= 0.3 is 5.69 Å². The van der Waals surface area contributed by atoms with Crippen LogP contribution in [0.4, 0.5) is 0 Å². The monoisotopic (exact) mass is 291 g/mol. The molecule has 0 unspecified atom stereocenters. The van der Waals surface area contributed by atoms with Crippen molar-refractivity contribution in [2.24, 2.45) is 0 Å². The zero-order valence-corrected chi connectivity index (χ0v) is 12.4. The Bertz CT molecular complexity index is 643. The number of hydrogen-bond acceptors (Lipinski definition) is 4. The number of rotatable bonds is 6. The molecule has 0 aliphatic rings. The van der Waals surface area contributed by atoms with Crippen molar-refractivity contribution in [3.63, 3.8) is 0 Å². The van der Waals surface area contributed by atoms with Crippen molar-refractivity contribution in [1.82, 2.24) is 14.8 Å². The van der Waals surface area contributed by atoms with E-state index in [0.29, 0.717) is 17.3 Å². The Kier molecular flexibility index (Phi) is 4.79. The van der Waals surface area contributed by atoms with E-state index >= 15 is 0 Å². The molecule has 0 atom stereocenters. The van der Waals surface area contributed by atoms with Gasteiger partial charge in [0.15, 0.2) is 10.9 Å². The van der Waals surface area contributed by atoms with Gasteiger partial charge < -0.3 is 0 Å². The smallest absolute Gasteiger partial charge is 0.293 e. The maximum Gasteiger partial charge on any atom is 0.343 e. The van der Waals surface area contributed by atoms with Gasteiger partial charge in [-0.3, -0.25) is 9.36 Å². The molecule has 1 N–H and O–H groups in total. The second-order valence-corrected chi connectivity index (χ2v) is 5.26. The summed E-state index contributed by atoms with van der Waals surface area (Å²) in [7, 11) is 0. The first-order valence-electron chi connectivity index (χ1n) is 6.55. The third-order valence-corrected chi connectivity index (χ3v) is 4.03. The number of H-pyrrole nitrogens is 1. The molecule has 0 bridgehead atoms. The number of ketones is 1. The van der Waals surface area contributed by atoms with Crippen LogP contribution in [0.1, 0.15) is 29.8 Å². The molecule has 0 spiro atoms. The van der Waals surface area contributed by atoms with Gasteiger partial charge in [0.05, 0.1) is 5.75 Å². The van der Waals surface area contributed by atoms with Gasteiger partial charge in [0.1, 0.15) is 0 Å². The lowest BCUT2D eigenvalue weighted by atomic mass is 10.1. The molecule has 0 aliphatic carbocycles. The van der Waals surface area contributed by atoms with Gasteiger partial charge in [0.2, 0.25) is 0 Å². The highest BCUT2D eigenvalue weighted by Gasteiger charge is 2.11. The van der Waals surface area contributed by atoms with Crippen LogP contribution in [0.25, 0.3) is 0 Å². The molecular formula is C14H17N3O2S. The van der Waals surface area contributed by atoms with Crippen LogP contribution >= 0.6 is 11.8 Å². The first-order chi connectivity index (χ1) is 9.65. The van der Waals surface area contributed by atoms with E-state index in [1.54, 1.807) is 0 Å². The van der Waals surface area contributed by atoms with Gasteiger partial charge in [-0.05, 0) is 18.9 Å². The van der Waals surface area contributed by atoms with E-state index in [1.807, 2.05) is 31.2 Å². The van der Waals surface area contributed by atoms with E-state index in [2.05, 4.69) is 17.1 Å². The molecule has 106 valence electrons. The van der Waals surface area contributed by atoms with Gasteiger partial charge in [0, 0.05) is 12.1 Å². The minimum atomic E-state index is -0.241. The van der Waals surface area contributed by atoms with Crippen molar-refractivity contribution in [1.29, 1.82) is 0 Å². The summed E-state index contributed by atoms with van der Waals surface area (Å²) in [5, 5.41) is 6.86. The average molecular weight is 291 g/mol. The van der Waals surface area contributed by atoms with Crippen LogP contribution in [0.2, 0.25) is 0 Å². The fourth-order valence-corrected chi connectivity index (χ4v) is 2.74. The Morgan fingerprint density at radius 2 is 2.00 bits per heavy atom. The summed E-state index contributed by atoms with van der Waals surface area (Å²) in [5.74, 6) is 0.311. The number of carbonyl (C=O) groups is 1. The molecule has 2 rings (SSSR count). The number of hydrogen-bond donors (Lipinski definition) is 1. The molecule has 6 heteroatoms. The fraction of sp³-hybridized carbons (Fsp3) is 0.357. The molecule has 0 fully saturated rings. The third-order valence-electron chi connectivity index (χ3n) is 3.06. The Morgan fingerprint density at radius 1 is 1.30 bits per heavy atom. The summed E-state index contributed by atoms with van der Waals surface area (Å²) in [6.07, 6.45) is 0.958. The number of nitrogens with one attached hydrogen (secondary N) is 1. The van der Waals surface area contributed by atoms with Crippen LogP contribution < -0.4 is 5.69 Å². The molecule has 2 aromatic rings. The minimum Gasteiger partial charge on any atom is -0.293 e. The normalized spacial score (nSPS) is 10.7. The Labute approximate surface area is 121 Å². The Morgan fingerprint density at radius 3 is 2.60 bits per heavy atom.